The van der Waals surface area contributed by atoms with E-state index in [1.54, 1.807) is 0 Å². The molecule has 0 heterocycles. The van der Waals surface area contributed by atoms with Crippen molar-refractivity contribution in [3.8, 4) is 0 Å². The molecule has 0 amide bonds. The molecule has 0 N–H and O–H groups in total. The second-order valence-electron chi connectivity index (χ2n) is 4.97. The number of benzene rings is 2. The largest absolute Gasteiger partial charge is 0.204 e. The highest BCUT2D eigenvalue weighted by atomic mass is 19.2. The first kappa shape index (κ1) is 11.4. The lowest BCUT2D eigenvalue weighted by Crippen LogP contribution is -1.98. The van der Waals surface area contributed by atoms with E-state index in [2.05, 4.69) is 24.3 Å². The summed E-state index contributed by atoms with van der Waals surface area (Å²) in [7, 11) is 0. The zero-order valence-electron chi connectivity index (χ0n) is 10.2. The number of rotatable bonds is 1. The predicted octanol–water partition coefficient (Wildman–Crippen LogP) is 4.35. The van der Waals surface area contributed by atoms with Crippen molar-refractivity contribution in [3.63, 3.8) is 0 Å². The molecule has 0 bridgehead atoms. The van der Waals surface area contributed by atoms with Crippen LogP contribution in [-0.2, 0) is 6.42 Å². The Hall–Kier alpha value is -1.70. The van der Waals surface area contributed by atoms with Crippen LogP contribution in [0.15, 0.2) is 36.4 Å². The zero-order valence-corrected chi connectivity index (χ0v) is 10.2. The van der Waals surface area contributed by atoms with Gasteiger partial charge in [-0.3, -0.25) is 0 Å². The van der Waals surface area contributed by atoms with Gasteiger partial charge in [-0.1, -0.05) is 29.8 Å². The maximum absolute atomic E-state index is 13.4. The van der Waals surface area contributed by atoms with E-state index in [4.69, 9.17) is 0 Å². The van der Waals surface area contributed by atoms with E-state index in [9.17, 15) is 8.78 Å². The highest BCUT2D eigenvalue weighted by Gasteiger charge is 2.25. The van der Waals surface area contributed by atoms with Gasteiger partial charge in [0.15, 0.2) is 11.6 Å². The molecule has 0 saturated heterocycles. The van der Waals surface area contributed by atoms with Gasteiger partial charge in [0.2, 0.25) is 0 Å². The Morgan fingerprint density at radius 2 is 1.67 bits per heavy atom. The van der Waals surface area contributed by atoms with Gasteiger partial charge >= 0.3 is 0 Å². The molecule has 0 radical (unpaired) electrons. The Morgan fingerprint density at radius 3 is 2.39 bits per heavy atom. The molecule has 0 nitrogen and oxygen atoms in total. The van der Waals surface area contributed by atoms with Crippen LogP contribution in [0, 0.1) is 18.6 Å². The molecule has 1 atom stereocenters. The second-order valence-corrected chi connectivity index (χ2v) is 4.97. The molecule has 1 aliphatic rings. The third-order valence-electron chi connectivity index (χ3n) is 3.74. The molecule has 0 unspecified atom stereocenters. The smallest absolute Gasteiger partial charge is 0.159 e. The summed E-state index contributed by atoms with van der Waals surface area (Å²) >= 11 is 0. The summed E-state index contributed by atoms with van der Waals surface area (Å²) < 4.78 is 26.5. The van der Waals surface area contributed by atoms with Gasteiger partial charge < -0.3 is 0 Å². The molecule has 0 fully saturated rings. The molecule has 92 valence electrons. The summed E-state index contributed by atoms with van der Waals surface area (Å²) in [5.74, 6) is -1.28. The topological polar surface area (TPSA) is 0 Å². The summed E-state index contributed by atoms with van der Waals surface area (Å²) in [6.45, 7) is 2.04. The summed E-state index contributed by atoms with van der Waals surface area (Å²) in [4.78, 5) is 0. The van der Waals surface area contributed by atoms with Crippen LogP contribution in [0.3, 0.4) is 0 Å². The molecule has 0 spiro atoms. The van der Waals surface area contributed by atoms with Crippen molar-refractivity contribution in [3.05, 3.63) is 70.3 Å². The van der Waals surface area contributed by atoms with E-state index in [1.165, 1.54) is 23.3 Å². The molecule has 2 aromatic carbocycles. The van der Waals surface area contributed by atoms with Crippen molar-refractivity contribution in [1.29, 1.82) is 0 Å². The standard InChI is InChI=1S/C16H14F2/c1-10-2-4-11(5-3-10)13-7-6-12-8-15(17)16(18)9-14(12)13/h2-5,8-9,13H,6-7H2,1H3/t13-/m1/s1. The van der Waals surface area contributed by atoms with E-state index in [-0.39, 0.29) is 5.92 Å². The summed E-state index contributed by atoms with van der Waals surface area (Å²) in [6.07, 6.45) is 1.76. The average Bonchev–Trinajstić information content (AvgIpc) is 2.74. The monoisotopic (exact) mass is 244 g/mol. The Morgan fingerprint density at radius 1 is 1.00 bits per heavy atom. The van der Waals surface area contributed by atoms with E-state index in [0.717, 1.165) is 24.0 Å². The van der Waals surface area contributed by atoms with Crippen molar-refractivity contribution >= 4 is 0 Å². The van der Waals surface area contributed by atoms with Crippen LogP contribution in [0.5, 0.6) is 0 Å². The maximum Gasteiger partial charge on any atom is 0.159 e. The first-order valence-corrected chi connectivity index (χ1v) is 6.19. The summed E-state index contributed by atoms with van der Waals surface area (Å²) in [6, 6.07) is 11.0. The molecular weight excluding hydrogens is 230 g/mol. The van der Waals surface area contributed by atoms with Gasteiger partial charge in [0, 0.05) is 5.92 Å². The normalized spacial score (nSPS) is 17.8. The minimum atomic E-state index is -0.743. The van der Waals surface area contributed by atoms with Crippen LogP contribution < -0.4 is 0 Å². The Balaban J connectivity index is 2.04. The van der Waals surface area contributed by atoms with Crippen molar-refractivity contribution in [2.45, 2.75) is 25.7 Å². The molecule has 18 heavy (non-hydrogen) atoms. The molecular formula is C16H14F2. The molecule has 1 aliphatic carbocycles. The number of hydrogen-bond acceptors (Lipinski definition) is 0. The summed E-state index contributed by atoms with van der Waals surface area (Å²) in [5.41, 5.74) is 4.28. The van der Waals surface area contributed by atoms with E-state index in [1.807, 2.05) is 6.92 Å². The van der Waals surface area contributed by atoms with Crippen LogP contribution >= 0.6 is 0 Å². The van der Waals surface area contributed by atoms with E-state index >= 15 is 0 Å². The van der Waals surface area contributed by atoms with E-state index < -0.39 is 11.6 Å². The molecule has 2 aromatic rings. The van der Waals surface area contributed by atoms with Gasteiger partial charge in [-0.15, -0.1) is 0 Å². The third-order valence-corrected chi connectivity index (χ3v) is 3.74. The Kier molecular flexibility index (Phi) is 2.66. The lowest BCUT2D eigenvalue weighted by molar-refractivity contribution is 0.506. The van der Waals surface area contributed by atoms with Crippen LogP contribution in [0.2, 0.25) is 0 Å². The molecule has 0 aromatic heterocycles. The fraction of sp³-hybridized carbons (Fsp3) is 0.250. The average molecular weight is 244 g/mol. The first-order chi connectivity index (χ1) is 8.65. The SMILES string of the molecule is Cc1ccc([C@H]2CCc3cc(F)c(F)cc32)cc1. The second kappa shape index (κ2) is 4.20. The zero-order chi connectivity index (χ0) is 12.7. The number of hydrogen-bond donors (Lipinski definition) is 0. The summed E-state index contributed by atoms with van der Waals surface area (Å²) in [5, 5.41) is 0. The Bertz CT molecular complexity index is 585. The van der Waals surface area contributed by atoms with Crippen LogP contribution in [0.25, 0.3) is 0 Å². The maximum atomic E-state index is 13.4. The van der Waals surface area contributed by atoms with Gasteiger partial charge in [0.25, 0.3) is 0 Å². The van der Waals surface area contributed by atoms with Gasteiger partial charge in [-0.25, -0.2) is 8.78 Å². The fourth-order valence-corrected chi connectivity index (χ4v) is 2.74. The van der Waals surface area contributed by atoms with Crippen molar-refractivity contribution < 1.29 is 8.78 Å². The highest BCUT2D eigenvalue weighted by molar-refractivity contribution is 5.43. The lowest BCUT2D eigenvalue weighted by atomic mass is 9.92. The molecule has 0 saturated carbocycles. The molecule has 0 aliphatic heterocycles. The van der Waals surface area contributed by atoms with Crippen molar-refractivity contribution in [2.75, 3.05) is 0 Å². The van der Waals surface area contributed by atoms with E-state index in [0.29, 0.717) is 0 Å². The van der Waals surface area contributed by atoms with Gasteiger partial charge in [0.05, 0.1) is 0 Å². The number of aryl methyl sites for hydroxylation is 2. The van der Waals surface area contributed by atoms with Crippen LogP contribution in [0.1, 0.15) is 34.6 Å². The minimum absolute atomic E-state index is 0.204. The van der Waals surface area contributed by atoms with Gasteiger partial charge in [0.1, 0.15) is 0 Å². The lowest BCUT2D eigenvalue weighted by Gasteiger charge is -2.12. The molecule has 2 heteroatoms. The minimum Gasteiger partial charge on any atom is -0.204 e. The molecule has 3 rings (SSSR count). The predicted molar refractivity (Wildman–Crippen MR) is 67.7 cm³/mol. The van der Waals surface area contributed by atoms with Crippen LogP contribution in [-0.4, -0.2) is 0 Å². The quantitative estimate of drug-likeness (QED) is 0.699. The van der Waals surface area contributed by atoms with Crippen molar-refractivity contribution in [1.82, 2.24) is 0 Å². The number of fused-ring (bicyclic) bond motifs is 1. The highest BCUT2D eigenvalue weighted by Crippen LogP contribution is 2.38. The number of halogens is 2. The van der Waals surface area contributed by atoms with Crippen LogP contribution in [0.4, 0.5) is 8.78 Å². The van der Waals surface area contributed by atoms with Crippen molar-refractivity contribution in [2.24, 2.45) is 0 Å². The van der Waals surface area contributed by atoms with Gasteiger partial charge in [-0.05, 0) is 48.6 Å². The fourth-order valence-electron chi connectivity index (χ4n) is 2.74. The third kappa shape index (κ3) is 1.82. The Labute approximate surface area is 105 Å². The van der Waals surface area contributed by atoms with Gasteiger partial charge in [-0.2, -0.15) is 0 Å². The first-order valence-electron chi connectivity index (χ1n) is 6.19.